The monoisotopic (exact) mass is 274 g/mol. The van der Waals surface area contributed by atoms with Crippen LogP contribution >= 0.6 is 0 Å². The zero-order valence-corrected chi connectivity index (χ0v) is 11.6. The molecule has 1 unspecified atom stereocenters. The predicted molar refractivity (Wildman–Crippen MR) is 71.3 cm³/mol. The highest BCUT2D eigenvalue weighted by Crippen LogP contribution is 2.28. The van der Waals surface area contributed by atoms with Gasteiger partial charge in [-0.3, -0.25) is 14.3 Å². The van der Waals surface area contributed by atoms with Crippen LogP contribution in [-0.4, -0.2) is 37.5 Å². The maximum Gasteiger partial charge on any atom is 0.333 e. The highest BCUT2D eigenvalue weighted by molar-refractivity contribution is 7.84. The molecule has 102 valence electrons. The van der Waals surface area contributed by atoms with Crippen LogP contribution < -0.4 is 5.32 Å². The summed E-state index contributed by atoms with van der Waals surface area (Å²) in [5.41, 5.74) is 0.515. The fraction of sp³-hybridized carbons (Fsp3) is 0.700. The predicted octanol–water partition coefficient (Wildman–Crippen LogP) is 1.07. The molecule has 0 aromatic carbocycles. The molecule has 0 spiro atoms. The largest absolute Gasteiger partial charge is 0.365 e. The van der Waals surface area contributed by atoms with E-state index >= 15 is 0 Å². The summed E-state index contributed by atoms with van der Waals surface area (Å²) in [7, 11) is 0.837. The topological polar surface area (TPSA) is 90.1 Å². The Kier molecular flexibility index (Phi) is 5.26. The summed E-state index contributed by atoms with van der Waals surface area (Å²) < 4.78 is 12.4. The number of hydrogen-bond donors (Lipinski definition) is 1. The molecule has 0 aliphatic rings. The van der Waals surface area contributed by atoms with E-state index in [0.29, 0.717) is 36.7 Å². The molecule has 18 heavy (non-hydrogen) atoms. The number of hydrogen-bond acceptors (Lipinski definition) is 5. The van der Waals surface area contributed by atoms with Crippen LogP contribution in [0.15, 0.2) is 0 Å². The van der Waals surface area contributed by atoms with Crippen molar-refractivity contribution in [2.75, 3.05) is 23.9 Å². The van der Waals surface area contributed by atoms with Crippen LogP contribution in [0.2, 0.25) is 0 Å². The van der Waals surface area contributed by atoms with Crippen molar-refractivity contribution in [1.29, 1.82) is 0 Å². The minimum Gasteiger partial charge on any atom is -0.365 e. The molecule has 8 heteroatoms. The Bertz CT molecular complexity index is 458. The zero-order valence-electron chi connectivity index (χ0n) is 10.8. The Balaban J connectivity index is 2.78. The van der Waals surface area contributed by atoms with Crippen LogP contribution in [-0.2, 0) is 24.3 Å². The molecule has 7 nitrogen and oxygen atoms in total. The van der Waals surface area contributed by atoms with Gasteiger partial charge in [-0.15, -0.1) is 0 Å². The molecule has 1 atom stereocenters. The maximum absolute atomic E-state index is 11.0. The van der Waals surface area contributed by atoms with Gasteiger partial charge < -0.3 is 5.32 Å². The van der Waals surface area contributed by atoms with Crippen molar-refractivity contribution >= 4 is 22.3 Å². The smallest absolute Gasteiger partial charge is 0.333 e. The Morgan fingerprint density at radius 2 is 2.22 bits per heavy atom. The van der Waals surface area contributed by atoms with E-state index in [1.807, 2.05) is 6.92 Å². The van der Waals surface area contributed by atoms with E-state index in [4.69, 9.17) is 0 Å². The number of aromatic nitrogens is 2. The molecule has 1 aromatic rings. The third-order valence-corrected chi connectivity index (χ3v) is 3.37. The molecule has 0 amide bonds. The second-order valence-corrected chi connectivity index (χ2v) is 5.49. The van der Waals surface area contributed by atoms with Crippen LogP contribution in [0.1, 0.15) is 19.0 Å². The van der Waals surface area contributed by atoms with E-state index in [2.05, 4.69) is 10.4 Å². The van der Waals surface area contributed by atoms with Gasteiger partial charge in [0.15, 0.2) is 0 Å². The van der Waals surface area contributed by atoms with E-state index < -0.39 is 15.7 Å². The van der Waals surface area contributed by atoms with Crippen molar-refractivity contribution in [3.05, 3.63) is 15.8 Å². The fourth-order valence-corrected chi connectivity index (χ4v) is 2.23. The van der Waals surface area contributed by atoms with Crippen molar-refractivity contribution in [3.63, 3.8) is 0 Å². The third-order valence-electron chi connectivity index (χ3n) is 2.51. The molecular weight excluding hydrogens is 256 g/mol. The van der Waals surface area contributed by atoms with Crippen LogP contribution in [0.3, 0.4) is 0 Å². The number of nitrogens with one attached hydrogen (secondary N) is 1. The van der Waals surface area contributed by atoms with Crippen LogP contribution in [0, 0.1) is 10.1 Å². The lowest BCUT2D eigenvalue weighted by Crippen LogP contribution is -2.10. The molecular formula is C10H18N4O3S. The summed E-state index contributed by atoms with van der Waals surface area (Å²) in [4.78, 5) is 10.6. The van der Waals surface area contributed by atoms with Crippen molar-refractivity contribution in [2.24, 2.45) is 7.05 Å². The molecule has 0 saturated carbocycles. The van der Waals surface area contributed by atoms with E-state index in [0.717, 1.165) is 0 Å². The summed E-state index contributed by atoms with van der Waals surface area (Å²) in [6, 6.07) is 0. The lowest BCUT2D eigenvalue weighted by molar-refractivity contribution is -0.384. The molecule has 0 aliphatic heterocycles. The van der Waals surface area contributed by atoms with Crippen molar-refractivity contribution < 1.29 is 9.13 Å². The van der Waals surface area contributed by atoms with Gasteiger partial charge in [0.1, 0.15) is 5.69 Å². The number of anilines is 1. The number of rotatable bonds is 7. The summed E-state index contributed by atoms with van der Waals surface area (Å²) >= 11 is 0. The normalized spacial score (nSPS) is 12.4. The van der Waals surface area contributed by atoms with Gasteiger partial charge in [-0.05, 0) is 12.8 Å². The number of aryl methyl sites for hydroxylation is 2. The highest BCUT2D eigenvalue weighted by Gasteiger charge is 2.24. The first-order valence-electron chi connectivity index (χ1n) is 5.71. The average molecular weight is 274 g/mol. The number of nitrogens with zero attached hydrogens (tertiary/aromatic N) is 3. The van der Waals surface area contributed by atoms with Gasteiger partial charge in [-0.2, -0.15) is 5.10 Å². The standard InChI is InChI=1S/C10H18N4O3S/c1-4-8-9(14(15)16)10(13(2)12-8)11-6-5-7-18(3)17/h11H,4-7H2,1-3H3. The minimum atomic E-state index is -0.836. The first-order chi connectivity index (χ1) is 8.47. The molecule has 0 radical (unpaired) electrons. The van der Waals surface area contributed by atoms with Gasteiger partial charge in [0.2, 0.25) is 5.82 Å². The molecule has 1 heterocycles. The quantitative estimate of drug-likeness (QED) is 0.456. The van der Waals surface area contributed by atoms with Crippen LogP contribution in [0.5, 0.6) is 0 Å². The minimum absolute atomic E-state index is 0.0395. The third kappa shape index (κ3) is 3.52. The first-order valence-corrected chi connectivity index (χ1v) is 7.44. The molecule has 1 N–H and O–H groups in total. The molecule has 1 rings (SSSR count). The lowest BCUT2D eigenvalue weighted by atomic mass is 10.3. The van der Waals surface area contributed by atoms with Crippen LogP contribution in [0.25, 0.3) is 0 Å². The van der Waals surface area contributed by atoms with Crippen molar-refractivity contribution in [2.45, 2.75) is 19.8 Å². The maximum atomic E-state index is 11.0. The van der Waals surface area contributed by atoms with E-state index in [9.17, 15) is 14.3 Å². The summed E-state index contributed by atoms with van der Waals surface area (Å²) in [5.74, 6) is 0.998. The molecule has 1 aromatic heterocycles. The van der Waals surface area contributed by atoms with Crippen molar-refractivity contribution in [3.8, 4) is 0 Å². The summed E-state index contributed by atoms with van der Waals surface area (Å²) in [6.07, 6.45) is 2.86. The highest BCUT2D eigenvalue weighted by atomic mass is 32.2. The van der Waals surface area contributed by atoms with Gasteiger partial charge in [0.05, 0.1) is 4.92 Å². The van der Waals surface area contributed by atoms with E-state index in [-0.39, 0.29) is 5.69 Å². The second-order valence-electron chi connectivity index (χ2n) is 3.94. The van der Waals surface area contributed by atoms with Gasteiger partial charge in [-0.1, -0.05) is 6.92 Å². The van der Waals surface area contributed by atoms with E-state index in [1.54, 1.807) is 13.3 Å². The SMILES string of the molecule is CCc1nn(C)c(NCCCS(C)=O)c1[N+](=O)[O-]. The van der Waals surface area contributed by atoms with Gasteiger partial charge in [0.25, 0.3) is 0 Å². The van der Waals surface area contributed by atoms with E-state index in [1.165, 1.54) is 4.68 Å². The van der Waals surface area contributed by atoms with Gasteiger partial charge >= 0.3 is 5.69 Å². The Hall–Kier alpha value is -1.44. The Morgan fingerprint density at radius 3 is 2.72 bits per heavy atom. The van der Waals surface area contributed by atoms with Crippen molar-refractivity contribution in [1.82, 2.24) is 9.78 Å². The second kappa shape index (κ2) is 6.48. The Morgan fingerprint density at radius 1 is 1.56 bits per heavy atom. The molecule has 0 bridgehead atoms. The zero-order chi connectivity index (χ0) is 13.7. The van der Waals surface area contributed by atoms with Gasteiger partial charge in [-0.25, -0.2) is 4.68 Å². The Labute approximate surface area is 108 Å². The summed E-state index contributed by atoms with van der Waals surface area (Å²) in [6.45, 7) is 2.38. The molecule has 0 fully saturated rings. The van der Waals surface area contributed by atoms with Gasteiger partial charge in [0, 0.05) is 36.4 Å². The number of nitro groups is 1. The molecule has 0 aliphatic carbocycles. The fourth-order valence-electron chi connectivity index (χ4n) is 1.68. The average Bonchev–Trinajstić information content (AvgIpc) is 2.61. The summed E-state index contributed by atoms with van der Waals surface area (Å²) in [5, 5.41) is 18.1. The lowest BCUT2D eigenvalue weighted by Gasteiger charge is -2.05. The van der Waals surface area contributed by atoms with Crippen LogP contribution in [0.4, 0.5) is 11.5 Å². The first kappa shape index (κ1) is 14.6. The molecule has 0 saturated heterocycles.